The average molecular weight is 239 g/mol. The third-order valence-corrected chi connectivity index (χ3v) is 2.83. The van der Waals surface area contributed by atoms with Gasteiger partial charge in [0, 0.05) is 13.2 Å². The first-order valence-corrected chi connectivity index (χ1v) is 5.93. The van der Waals surface area contributed by atoms with Crippen LogP contribution in [0.5, 0.6) is 0 Å². The normalized spacial score (nSPS) is 18.9. The Balaban J connectivity index is 1.87. The molecule has 0 bridgehead atoms. The Kier molecular flexibility index (Phi) is 6.13. The Bertz CT molecular complexity index is 179. The second-order valence-corrected chi connectivity index (χ2v) is 4.37. The molecule has 2 nitrogen and oxygen atoms in total. The Morgan fingerprint density at radius 2 is 1.81 bits per heavy atom. The second-order valence-electron chi connectivity index (χ2n) is 4.37. The zero-order chi connectivity index (χ0) is 11.9. The maximum absolute atomic E-state index is 11.8. The van der Waals surface area contributed by atoms with E-state index in [1.54, 1.807) is 0 Å². The largest absolute Gasteiger partial charge is 0.401 e. The highest BCUT2D eigenvalue weighted by atomic mass is 19.4. The summed E-state index contributed by atoms with van der Waals surface area (Å²) in [6, 6.07) is 0. The van der Waals surface area contributed by atoms with Gasteiger partial charge in [-0.25, -0.2) is 0 Å². The van der Waals surface area contributed by atoms with Crippen molar-refractivity contribution in [3.63, 3.8) is 0 Å². The monoisotopic (exact) mass is 239 g/mol. The lowest BCUT2D eigenvalue weighted by Gasteiger charge is -2.21. The lowest BCUT2D eigenvalue weighted by Crippen LogP contribution is -2.31. The summed E-state index contributed by atoms with van der Waals surface area (Å²) in [6.07, 6.45) is 2.12. The molecule has 1 rings (SSSR count). The lowest BCUT2D eigenvalue weighted by atomic mass is 9.90. The van der Waals surface area contributed by atoms with Crippen LogP contribution in [0.4, 0.5) is 13.2 Å². The number of hydrogen-bond acceptors (Lipinski definition) is 2. The fraction of sp³-hybridized carbons (Fsp3) is 1.00. The highest BCUT2D eigenvalue weighted by Gasteiger charge is 2.25. The molecule has 0 heterocycles. The van der Waals surface area contributed by atoms with Crippen molar-refractivity contribution in [1.29, 1.82) is 0 Å². The Morgan fingerprint density at radius 3 is 2.44 bits per heavy atom. The Morgan fingerprint density at radius 1 is 1.12 bits per heavy atom. The first-order chi connectivity index (χ1) is 7.58. The molecular weight excluding hydrogens is 219 g/mol. The van der Waals surface area contributed by atoms with Crippen LogP contribution in [-0.4, -0.2) is 32.5 Å². The van der Waals surface area contributed by atoms with Crippen molar-refractivity contribution in [2.75, 3.05) is 26.3 Å². The molecule has 0 aromatic rings. The summed E-state index contributed by atoms with van der Waals surface area (Å²) in [5, 5.41) is 2.31. The van der Waals surface area contributed by atoms with Gasteiger partial charge in [0.1, 0.15) is 0 Å². The van der Waals surface area contributed by atoms with Gasteiger partial charge in [-0.1, -0.05) is 19.3 Å². The van der Waals surface area contributed by atoms with Crippen LogP contribution in [-0.2, 0) is 4.74 Å². The van der Waals surface area contributed by atoms with Gasteiger partial charge in [0.2, 0.25) is 0 Å². The van der Waals surface area contributed by atoms with E-state index in [1.165, 1.54) is 32.1 Å². The molecule has 1 aliphatic rings. The standard InChI is InChI=1S/C11H20F3NO/c12-11(13,14)9-15-6-7-16-8-10-4-2-1-3-5-10/h10,15H,1-9H2. The van der Waals surface area contributed by atoms with E-state index in [1.807, 2.05) is 0 Å². The van der Waals surface area contributed by atoms with Gasteiger partial charge in [0.25, 0.3) is 0 Å². The van der Waals surface area contributed by atoms with E-state index in [0.29, 0.717) is 19.1 Å². The molecule has 0 atom stereocenters. The summed E-state index contributed by atoms with van der Waals surface area (Å²) >= 11 is 0. The van der Waals surface area contributed by atoms with E-state index in [2.05, 4.69) is 5.32 Å². The maximum Gasteiger partial charge on any atom is 0.401 e. The van der Waals surface area contributed by atoms with Crippen LogP contribution in [0.15, 0.2) is 0 Å². The SMILES string of the molecule is FC(F)(F)CNCCOCC1CCCCC1. The Hall–Kier alpha value is -0.290. The smallest absolute Gasteiger partial charge is 0.380 e. The van der Waals surface area contributed by atoms with Crippen molar-refractivity contribution in [3.8, 4) is 0 Å². The molecule has 16 heavy (non-hydrogen) atoms. The van der Waals surface area contributed by atoms with E-state index in [0.717, 1.165) is 0 Å². The molecule has 0 aliphatic heterocycles. The third kappa shape index (κ3) is 7.06. The van der Waals surface area contributed by atoms with Crippen LogP contribution in [0.3, 0.4) is 0 Å². The van der Waals surface area contributed by atoms with Crippen molar-refractivity contribution in [1.82, 2.24) is 5.32 Å². The maximum atomic E-state index is 11.8. The van der Waals surface area contributed by atoms with Crippen molar-refractivity contribution < 1.29 is 17.9 Å². The van der Waals surface area contributed by atoms with Crippen LogP contribution in [0.25, 0.3) is 0 Å². The van der Waals surface area contributed by atoms with Gasteiger partial charge in [-0.05, 0) is 18.8 Å². The van der Waals surface area contributed by atoms with Gasteiger partial charge < -0.3 is 10.1 Å². The van der Waals surface area contributed by atoms with Gasteiger partial charge >= 0.3 is 6.18 Å². The number of ether oxygens (including phenoxy) is 1. The van der Waals surface area contributed by atoms with E-state index in [9.17, 15) is 13.2 Å². The quantitative estimate of drug-likeness (QED) is 0.720. The van der Waals surface area contributed by atoms with Crippen LogP contribution < -0.4 is 5.32 Å². The molecule has 0 saturated heterocycles. The predicted octanol–water partition coefficient (Wildman–Crippen LogP) is 2.74. The molecular formula is C11H20F3NO. The molecule has 0 aromatic carbocycles. The third-order valence-electron chi connectivity index (χ3n) is 2.83. The second kappa shape index (κ2) is 7.12. The van der Waals surface area contributed by atoms with E-state index < -0.39 is 12.7 Å². The first-order valence-electron chi connectivity index (χ1n) is 5.93. The number of hydrogen-bond donors (Lipinski definition) is 1. The van der Waals surface area contributed by atoms with E-state index >= 15 is 0 Å². The van der Waals surface area contributed by atoms with Gasteiger partial charge in [-0.15, -0.1) is 0 Å². The summed E-state index contributed by atoms with van der Waals surface area (Å²) in [7, 11) is 0. The lowest BCUT2D eigenvalue weighted by molar-refractivity contribution is -0.125. The summed E-state index contributed by atoms with van der Waals surface area (Å²) in [4.78, 5) is 0. The fourth-order valence-electron chi connectivity index (χ4n) is 1.98. The van der Waals surface area contributed by atoms with Gasteiger partial charge in [0.15, 0.2) is 0 Å². The van der Waals surface area contributed by atoms with Gasteiger partial charge in [0.05, 0.1) is 13.2 Å². The minimum absolute atomic E-state index is 0.270. The molecule has 0 aromatic heterocycles. The summed E-state index contributed by atoms with van der Waals surface area (Å²) in [5.74, 6) is 0.622. The Labute approximate surface area is 94.5 Å². The van der Waals surface area contributed by atoms with Crippen molar-refractivity contribution >= 4 is 0 Å². The summed E-state index contributed by atoms with van der Waals surface area (Å²) < 4.78 is 40.6. The topological polar surface area (TPSA) is 21.3 Å². The average Bonchev–Trinajstić information content (AvgIpc) is 2.23. The molecule has 0 radical (unpaired) electrons. The van der Waals surface area contributed by atoms with Crippen LogP contribution in [0.2, 0.25) is 0 Å². The number of nitrogens with one attached hydrogen (secondary N) is 1. The molecule has 1 N–H and O–H groups in total. The summed E-state index contributed by atoms with van der Waals surface area (Å²) in [5.41, 5.74) is 0. The minimum atomic E-state index is -4.12. The number of alkyl halides is 3. The van der Waals surface area contributed by atoms with Crippen molar-refractivity contribution in [3.05, 3.63) is 0 Å². The molecule has 96 valence electrons. The zero-order valence-electron chi connectivity index (χ0n) is 9.48. The zero-order valence-corrected chi connectivity index (χ0v) is 9.48. The molecule has 0 spiro atoms. The molecule has 0 unspecified atom stereocenters. The van der Waals surface area contributed by atoms with Crippen LogP contribution in [0.1, 0.15) is 32.1 Å². The molecule has 0 amide bonds. The van der Waals surface area contributed by atoms with Crippen molar-refractivity contribution in [2.45, 2.75) is 38.3 Å². The summed E-state index contributed by atoms with van der Waals surface area (Å²) in [6.45, 7) is 0.409. The predicted molar refractivity (Wildman–Crippen MR) is 56.3 cm³/mol. The number of halogens is 3. The highest BCUT2D eigenvalue weighted by Crippen LogP contribution is 2.23. The van der Waals surface area contributed by atoms with Crippen LogP contribution >= 0.6 is 0 Å². The first kappa shape index (κ1) is 13.8. The molecule has 1 fully saturated rings. The minimum Gasteiger partial charge on any atom is -0.380 e. The fourth-order valence-corrected chi connectivity index (χ4v) is 1.98. The van der Waals surface area contributed by atoms with Gasteiger partial charge in [-0.2, -0.15) is 13.2 Å². The van der Waals surface area contributed by atoms with E-state index in [-0.39, 0.29) is 6.54 Å². The molecule has 1 saturated carbocycles. The highest BCUT2D eigenvalue weighted by molar-refractivity contribution is 4.65. The van der Waals surface area contributed by atoms with Gasteiger partial charge in [-0.3, -0.25) is 0 Å². The molecule has 5 heteroatoms. The molecule has 1 aliphatic carbocycles. The van der Waals surface area contributed by atoms with Crippen LogP contribution in [0, 0.1) is 5.92 Å². The van der Waals surface area contributed by atoms with E-state index in [4.69, 9.17) is 4.74 Å². The van der Waals surface area contributed by atoms with Crippen molar-refractivity contribution in [2.24, 2.45) is 5.92 Å². The number of rotatable bonds is 6.